The van der Waals surface area contributed by atoms with Crippen LogP contribution in [-0.4, -0.2) is 28.0 Å². The van der Waals surface area contributed by atoms with Crippen LogP contribution in [0.15, 0.2) is 6.33 Å². The lowest BCUT2D eigenvalue weighted by atomic mass is 9.81. The van der Waals surface area contributed by atoms with Gasteiger partial charge in [0.25, 0.3) is 0 Å². The Morgan fingerprint density at radius 2 is 2.33 bits per heavy atom. The minimum absolute atomic E-state index is 0.437. The maximum absolute atomic E-state index is 5.20. The first kappa shape index (κ1) is 7.73. The number of nitrogens with zero attached hydrogens (tertiary/aromatic N) is 3. The molecule has 0 spiro atoms. The van der Waals surface area contributed by atoms with Crippen molar-refractivity contribution in [1.29, 1.82) is 0 Å². The van der Waals surface area contributed by atoms with Crippen LogP contribution in [-0.2, 0) is 11.8 Å². The lowest BCUT2D eigenvalue weighted by Gasteiger charge is -2.32. The fourth-order valence-corrected chi connectivity index (χ4v) is 1.63. The third kappa shape index (κ3) is 1.12. The van der Waals surface area contributed by atoms with E-state index >= 15 is 0 Å². The Morgan fingerprint density at radius 1 is 1.58 bits per heavy atom. The van der Waals surface area contributed by atoms with E-state index in [1.165, 1.54) is 0 Å². The first-order valence-electron chi connectivity index (χ1n) is 4.18. The molecule has 4 heteroatoms. The Balaban J connectivity index is 2.01. The van der Waals surface area contributed by atoms with Crippen LogP contribution < -0.4 is 0 Å². The highest BCUT2D eigenvalue weighted by Crippen LogP contribution is 2.36. The molecule has 1 saturated carbocycles. The predicted molar refractivity (Wildman–Crippen MR) is 43.8 cm³/mol. The molecule has 0 aromatic carbocycles. The molecule has 0 bridgehead atoms. The van der Waals surface area contributed by atoms with Crippen LogP contribution in [0.1, 0.15) is 24.6 Å². The molecule has 12 heavy (non-hydrogen) atoms. The van der Waals surface area contributed by atoms with Gasteiger partial charge in [0.15, 0.2) is 0 Å². The summed E-state index contributed by atoms with van der Waals surface area (Å²) >= 11 is 0. The second-order valence-corrected chi connectivity index (χ2v) is 3.33. The Bertz CT molecular complexity index is 265. The zero-order valence-corrected chi connectivity index (χ0v) is 7.40. The summed E-state index contributed by atoms with van der Waals surface area (Å²) in [6.07, 6.45) is 4.35. The van der Waals surface area contributed by atoms with Crippen molar-refractivity contribution in [2.45, 2.75) is 24.9 Å². The first-order chi connectivity index (χ1) is 5.81. The van der Waals surface area contributed by atoms with Gasteiger partial charge in [0, 0.05) is 20.1 Å². The normalized spacial score (nSPS) is 28.5. The molecule has 0 atom stereocenters. The summed E-state index contributed by atoms with van der Waals surface area (Å²) in [7, 11) is 3.74. The van der Waals surface area contributed by atoms with Gasteiger partial charge >= 0.3 is 0 Å². The Kier molecular flexibility index (Phi) is 1.84. The summed E-state index contributed by atoms with van der Waals surface area (Å²) in [6.45, 7) is 0. The molecule has 0 radical (unpaired) electrons. The fraction of sp³-hybridized carbons (Fsp3) is 0.750. The molecule has 1 heterocycles. The standard InChI is InChI=1S/C8H13N3O/c1-11-5-9-10-8(11)6-3-7(4-6)12-2/h5-7H,3-4H2,1-2H3. The van der Waals surface area contributed by atoms with Crippen molar-refractivity contribution in [3.05, 3.63) is 12.2 Å². The molecule has 4 nitrogen and oxygen atoms in total. The summed E-state index contributed by atoms with van der Waals surface area (Å²) < 4.78 is 7.18. The van der Waals surface area contributed by atoms with Crippen LogP contribution in [0.2, 0.25) is 0 Å². The zero-order chi connectivity index (χ0) is 8.55. The van der Waals surface area contributed by atoms with Gasteiger partial charge < -0.3 is 9.30 Å². The van der Waals surface area contributed by atoms with Crippen LogP contribution in [0.25, 0.3) is 0 Å². The highest BCUT2D eigenvalue weighted by Gasteiger charge is 2.32. The van der Waals surface area contributed by atoms with Crippen LogP contribution in [0.4, 0.5) is 0 Å². The van der Waals surface area contributed by atoms with Crippen molar-refractivity contribution in [3.63, 3.8) is 0 Å². The number of aryl methyl sites for hydroxylation is 1. The van der Waals surface area contributed by atoms with E-state index < -0.39 is 0 Å². The minimum atomic E-state index is 0.437. The predicted octanol–water partition coefficient (Wildman–Crippen LogP) is 0.707. The molecular formula is C8H13N3O. The summed E-state index contributed by atoms with van der Waals surface area (Å²) in [4.78, 5) is 0. The van der Waals surface area contributed by atoms with Crippen molar-refractivity contribution in [2.75, 3.05) is 7.11 Å². The molecule has 1 aromatic rings. The van der Waals surface area contributed by atoms with E-state index in [-0.39, 0.29) is 0 Å². The Hall–Kier alpha value is -0.900. The van der Waals surface area contributed by atoms with Crippen molar-refractivity contribution < 1.29 is 4.74 Å². The summed E-state index contributed by atoms with van der Waals surface area (Å²) in [5.74, 6) is 1.64. The summed E-state index contributed by atoms with van der Waals surface area (Å²) in [6, 6.07) is 0. The molecular weight excluding hydrogens is 154 g/mol. The van der Waals surface area contributed by atoms with Crippen LogP contribution in [0.3, 0.4) is 0 Å². The second-order valence-electron chi connectivity index (χ2n) is 3.33. The van der Waals surface area contributed by atoms with Gasteiger partial charge in [0.1, 0.15) is 12.2 Å². The summed E-state index contributed by atoms with van der Waals surface area (Å²) in [5, 5.41) is 7.91. The average Bonchev–Trinajstić information content (AvgIpc) is 2.35. The minimum Gasteiger partial charge on any atom is -0.381 e. The Labute approximate surface area is 71.6 Å². The highest BCUT2D eigenvalue weighted by atomic mass is 16.5. The van der Waals surface area contributed by atoms with Gasteiger partial charge in [-0.3, -0.25) is 0 Å². The number of ether oxygens (including phenoxy) is 1. The smallest absolute Gasteiger partial charge is 0.135 e. The molecule has 0 saturated heterocycles. The summed E-state index contributed by atoms with van der Waals surface area (Å²) in [5.41, 5.74) is 0. The van der Waals surface area contributed by atoms with E-state index in [2.05, 4.69) is 10.2 Å². The monoisotopic (exact) mass is 167 g/mol. The molecule has 66 valence electrons. The SMILES string of the molecule is COC1CC(c2nncn2C)C1. The van der Waals surface area contributed by atoms with E-state index in [4.69, 9.17) is 4.74 Å². The van der Waals surface area contributed by atoms with Gasteiger partial charge in [0.2, 0.25) is 0 Å². The quantitative estimate of drug-likeness (QED) is 0.651. The van der Waals surface area contributed by atoms with Crippen molar-refractivity contribution in [3.8, 4) is 0 Å². The van der Waals surface area contributed by atoms with Crippen molar-refractivity contribution >= 4 is 0 Å². The zero-order valence-electron chi connectivity index (χ0n) is 7.40. The third-order valence-electron chi connectivity index (χ3n) is 2.54. The number of methoxy groups -OCH3 is 1. The van der Waals surface area contributed by atoms with Crippen molar-refractivity contribution in [2.24, 2.45) is 7.05 Å². The molecule has 0 amide bonds. The lowest BCUT2D eigenvalue weighted by molar-refractivity contribution is 0.0229. The highest BCUT2D eigenvalue weighted by molar-refractivity contribution is 5.03. The van der Waals surface area contributed by atoms with E-state index in [0.29, 0.717) is 12.0 Å². The van der Waals surface area contributed by atoms with Gasteiger partial charge in [-0.2, -0.15) is 0 Å². The molecule has 2 rings (SSSR count). The topological polar surface area (TPSA) is 39.9 Å². The molecule has 1 fully saturated rings. The fourth-order valence-electron chi connectivity index (χ4n) is 1.63. The number of aromatic nitrogens is 3. The molecule has 0 unspecified atom stereocenters. The van der Waals surface area contributed by atoms with E-state index in [1.807, 2.05) is 11.6 Å². The first-order valence-corrected chi connectivity index (χ1v) is 4.18. The second kappa shape index (κ2) is 2.86. The van der Waals surface area contributed by atoms with E-state index in [9.17, 15) is 0 Å². The van der Waals surface area contributed by atoms with Crippen LogP contribution in [0, 0.1) is 0 Å². The van der Waals surface area contributed by atoms with Gasteiger partial charge in [0.05, 0.1) is 6.10 Å². The lowest BCUT2D eigenvalue weighted by Crippen LogP contribution is -2.30. The molecule has 1 aliphatic carbocycles. The third-order valence-corrected chi connectivity index (χ3v) is 2.54. The van der Waals surface area contributed by atoms with Gasteiger partial charge in [-0.1, -0.05) is 0 Å². The molecule has 0 N–H and O–H groups in total. The van der Waals surface area contributed by atoms with Crippen molar-refractivity contribution in [1.82, 2.24) is 14.8 Å². The maximum Gasteiger partial charge on any atom is 0.135 e. The van der Waals surface area contributed by atoms with Gasteiger partial charge in [-0.05, 0) is 12.8 Å². The molecule has 1 aliphatic rings. The Morgan fingerprint density at radius 3 is 2.83 bits per heavy atom. The van der Waals surface area contributed by atoms with Crippen LogP contribution >= 0.6 is 0 Å². The van der Waals surface area contributed by atoms with E-state index in [0.717, 1.165) is 18.7 Å². The van der Waals surface area contributed by atoms with Gasteiger partial charge in [-0.15, -0.1) is 10.2 Å². The molecule has 1 aromatic heterocycles. The van der Waals surface area contributed by atoms with E-state index in [1.54, 1.807) is 13.4 Å². The van der Waals surface area contributed by atoms with Gasteiger partial charge in [-0.25, -0.2) is 0 Å². The number of hydrogen-bond donors (Lipinski definition) is 0. The maximum atomic E-state index is 5.20. The number of rotatable bonds is 2. The molecule has 0 aliphatic heterocycles. The number of hydrogen-bond acceptors (Lipinski definition) is 3. The average molecular weight is 167 g/mol. The van der Waals surface area contributed by atoms with Crippen LogP contribution in [0.5, 0.6) is 0 Å². The largest absolute Gasteiger partial charge is 0.381 e.